The SMILES string of the molecule is CCN1CC(CC)(CC)c2ccc(OCc3ccccc3)cc21. The Kier molecular flexibility index (Phi) is 4.61. The first kappa shape index (κ1) is 15.9. The zero-order valence-electron chi connectivity index (χ0n) is 14.5. The molecule has 0 amide bonds. The van der Waals surface area contributed by atoms with Crippen molar-refractivity contribution in [3.63, 3.8) is 0 Å². The minimum atomic E-state index is 0.309. The third kappa shape index (κ3) is 2.95. The highest BCUT2D eigenvalue weighted by atomic mass is 16.5. The summed E-state index contributed by atoms with van der Waals surface area (Å²) >= 11 is 0. The van der Waals surface area contributed by atoms with Crippen molar-refractivity contribution >= 4 is 5.69 Å². The molecule has 2 heteroatoms. The molecule has 1 aliphatic rings. The number of ether oxygens (including phenoxy) is 1. The lowest BCUT2D eigenvalue weighted by atomic mass is 9.77. The van der Waals surface area contributed by atoms with Gasteiger partial charge >= 0.3 is 0 Å². The molecule has 0 bridgehead atoms. The van der Waals surface area contributed by atoms with Crippen LogP contribution in [0.25, 0.3) is 0 Å². The van der Waals surface area contributed by atoms with Crippen LogP contribution in [-0.2, 0) is 12.0 Å². The van der Waals surface area contributed by atoms with Gasteiger partial charge in [-0.2, -0.15) is 0 Å². The van der Waals surface area contributed by atoms with Crippen molar-refractivity contribution < 1.29 is 4.74 Å². The van der Waals surface area contributed by atoms with Crippen LogP contribution in [0.2, 0.25) is 0 Å². The molecule has 122 valence electrons. The molecule has 0 atom stereocenters. The number of hydrogen-bond acceptors (Lipinski definition) is 2. The maximum Gasteiger partial charge on any atom is 0.121 e. The van der Waals surface area contributed by atoms with Gasteiger partial charge in [0, 0.05) is 30.3 Å². The maximum absolute atomic E-state index is 6.02. The van der Waals surface area contributed by atoms with Crippen LogP contribution in [0.4, 0.5) is 5.69 Å². The van der Waals surface area contributed by atoms with Gasteiger partial charge in [0.25, 0.3) is 0 Å². The average molecular weight is 309 g/mol. The topological polar surface area (TPSA) is 12.5 Å². The fourth-order valence-electron chi connectivity index (χ4n) is 3.72. The summed E-state index contributed by atoms with van der Waals surface area (Å²) in [7, 11) is 0. The number of fused-ring (bicyclic) bond motifs is 1. The molecular weight excluding hydrogens is 282 g/mol. The summed E-state index contributed by atoms with van der Waals surface area (Å²) in [5.74, 6) is 0.967. The van der Waals surface area contributed by atoms with Gasteiger partial charge in [-0.1, -0.05) is 50.2 Å². The molecule has 3 rings (SSSR count). The van der Waals surface area contributed by atoms with E-state index in [0.717, 1.165) is 18.8 Å². The van der Waals surface area contributed by atoms with E-state index in [0.29, 0.717) is 12.0 Å². The largest absolute Gasteiger partial charge is 0.489 e. The van der Waals surface area contributed by atoms with Crippen LogP contribution in [-0.4, -0.2) is 13.1 Å². The number of hydrogen-bond donors (Lipinski definition) is 0. The molecule has 1 aliphatic heterocycles. The fourth-order valence-corrected chi connectivity index (χ4v) is 3.72. The average Bonchev–Trinajstić information content (AvgIpc) is 2.94. The van der Waals surface area contributed by atoms with Crippen molar-refractivity contribution in [2.24, 2.45) is 0 Å². The van der Waals surface area contributed by atoms with Gasteiger partial charge in [0.2, 0.25) is 0 Å². The predicted octanol–water partition coefficient (Wildman–Crippen LogP) is 5.16. The summed E-state index contributed by atoms with van der Waals surface area (Å²) < 4.78 is 6.02. The van der Waals surface area contributed by atoms with Gasteiger partial charge in [0.15, 0.2) is 0 Å². The first-order valence-corrected chi connectivity index (χ1v) is 8.78. The molecule has 0 spiro atoms. The lowest BCUT2D eigenvalue weighted by Gasteiger charge is -2.27. The fraction of sp³-hybridized carbons (Fsp3) is 0.429. The van der Waals surface area contributed by atoms with E-state index in [2.05, 4.69) is 68.1 Å². The molecule has 1 heterocycles. The Balaban J connectivity index is 1.84. The summed E-state index contributed by atoms with van der Waals surface area (Å²) in [4.78, 5) is 2.50. The second-order valence-corrected chi connectivity index (χ2v) is 6.45. The lowest BCUT2D eigenvalue weighted by Crippen LogP contribution is -2.32. The molecule has 0 unspecified atom stereocenters. The molecule has 23 heavy (non-hydrogen) atoms. The molecule has 0 aliphatic carbocycles. The highest BCUT2D eigenvalue weighted by Gasteiger charge is 2.39. The van der Waals surface area contributed by atoms with Crippen LogP contribution >= 0.6 is 0 Å². The normalized spacial score (nSPS) is 15.5. The van der Waals surface area contributed by atoms with Crippen molar-refractivity contribution in [3.8, 4) is 5.75 Å². The minimum Gasteiger partial charge on any atom is -0.489 e. The summed E-state index contributed by atoms with van der Waals surface area (Å²) in [5.41, 5.74) is 4.37. The van der Waals surface area contributed by atoms with Gasteiger partial charge in [-0.15, -0.1) is 0 Å². The van der Waals surface area contributed by atoms with Crippen LogP contribution in [0.15, 0.2) is 48.5 Å². The van der Waals surface area contributed by atoms with Crippen molar-refractivity contribution in [1.29, 1.82) is 0 Å². The number of anilines is 1. The Morgan fingerprint density at radius 3 is 2.39 bits per heavy atom. The zero-order valence-corrected chi connectivity index (χ0v) is 14.5. The van der Waals surface area contributed by atoms with E-state index in [9.17, 15) is 0 Å². The van der Waals surface area contributed by atoms with E-state index < -0.39 is 0 Å². The summed E-state index contributed by atoms with van der Waals surface area (Å²) in [6.45, 7) is 9.67. The Morgan fingerprint density at radius 2 is 1.74 bits per heavy atom. The van der Waals surface area contributed by atoms with E-state index in [1.54, 1.807) is 0 Å². The lowest BCUT2D eigenvalue weighted by molar-refractivity contribution is 0.306. The number of likely N-dealkylation sites (N-methyl/N-ethyl adjacent to an activating group) is 1. The van der Waals surface area contributed by atoms with Gasteiger partial charge in [-0.3, -0.25) is 0 Å². The molecule has 0 fully saturated rings. The van der Waals surface area contributed by atoms with Gasteiger partial charge in [0.1, 0.15) is 12.4 Å². The second kappa shape index (κ2) is 6.66. The number of benzene rings is 2. The van der Waals surface area contributed by atoms with E-state index in [1.807, 2.05) is 6.07 Å². The Hall–Kier alpha value is -1.96. The van der Waals surface area contributed by atoms with Crippen LogP contribution in [0, 0.1) is 0 Å². The monoisotopic (exact) mass is 309 g/mol. The molecule has 0 N–H and O–H groups in total. The molecule has 0 aromatic heterocycles. The maximum atomic E-state index is 6.02. The summed E-state index contributed by atoms with van der Waals surface area (Å²) in [5, 5.41) is 0. The van der Waals surface area contributed by atoms with Crippen molar-refractivity contribution in [3.05, 3.63) is 59.7 Å². The first-order chi connectivity index (χ1) is 11.2. The predicted molar refractivity (Wildman–Crippen MR) is 97.4 cm³/mol. The van der Waals surface area contributed by atoms with Gasteiger partial charge in [-0.05, 0) is 37.0 Å². The van der Waals surface area contributed by atoms with Crippen molar-refractivity contribution in [2.45, 2.75) is 45.6 Å². The molecular formula is C21H27NO. The van der Waals surface area contributed by atoms with Crippen LogP contribution in [0.3, 0.4) is 0 Å². The third-order valence-corrected chi connectivity index (χ3v) is 5.36. The van der Waals surface area contributed by atoms with E-state index in [-0.39, 0.29) is 0 Å². The zero-order chi connectivity index (χ0) is 16.3. The van der Waals surface area contributed by atoms with Crippen LogP contribution in [0.1, 0.15) is 44.7 Å². The molecule has 0 saturated heterocycles. The Bertz CT molecular complexity index is 646. The van der Waals surface area contributed by atoms with Crippen molar-refractivity contribution in [2.75, 3.05) is 18.0 Å². The van der Waals surface area contributed by atoms with E-state index >= 15 is 0 Å². The third-order valence-electron chi connectivity index (χ3n) is 5.36. The smallest absolute Gasteiger partial charge is 0.121 e. The first-order valence-electron chi connectivity index (χ1n) is 8.78. The Labute approximate surface area is 140 Å². The molecule has 2 nitrogen and oxygen atoms in total. The highest BCUT2D eigenvalue weighted by Crippen LogP contribution is 2.46. The van der Waals surface area contributed by atoms with Crippen molar-refractivity contribution in [1.82, 2.24) is 0 Å². The second-order valence-electron chi connectivity index (χ2n) is 6.45. The van der Waals surface area contributed by atoms with Gasteiger partial charge in [0.05, 0.1) is 0 Å². The summed E-state index contributed by atoms with van der Waals surface area (Å²) in [6.07, 6.45) is 2.38. The highest BCUT2D eigenvalue weighted by molar-refractivity contribution is 5.65. The number of rotatable bonds is 6. The molecule has 2 aromatic rings. The number of nitrogens with zero attached hydrogens (tertiary/aromatic N) is 1. The standard InChI is InChI=1S/C21H27NO/c1-4-21(5-2)16-22(6-3)20-14-18(12-13-19(20)21)23-15-17-10-8-7-9-11-17/h7-14H,4-6,15-16H2,1-3H3. The Morgan fingerprint density at radius 1 is 1.00 bits per heavy atom. The quantitative estimate of drug-likeness (QED) is 0.730. The molecule has 2 aromatic carbocycles. The van der Waals surface area contributed by atoms with Crippen LogP contribution < -0.4 is 9.64 Å². The van der Waals surface area contributed by atoms with Gasteiger partial charge < -0.3 is 9.64 Å². The van der Waals surface area contributed by atoms with E-state index in [1.165, 1.54) is 29.7 Å². The van der Waals surface area contributed by atoms with Gasteiger partial charge in [-0.25, -0.2) is 0 Å². The van der Waals surface area contributed by atoms with E-state index in [4.69, 9.17) is 4.74 Å². The molecule has 0 radical (unpaired) electrons. The summed E-state index contributed by atoms with van der Waals surface area (Å²) in [6, 6.07) is 17.0. The molecule has 0 saturated carbocycles. The minimum absolute atomic E-state index is 0.309. The van der Waals surface area contributed by atoms with Crippen LogP contribution in [0.5, 0.6) is 5.75 Å².